The second kappa shape index (κ2) is 7.81. The van der Waals surface area contributed by atoms with Gasteiger partial charge in [0.1, 0.15) is 5.41 Å². The van der Waals surface area contributed by atoms with E-state index in [1.807, 2.05) is 6.07 Å². The van der Waals surface area contributed by atoms with Crippen LogP contribution in [0.25, 0.3) is 0 Å². The van der Waals surface area contributed by atoms with Crippen LogP contribution in [0.15, 0.2) is 35.2 Å². The summed E-state index contributed by atoms with van der Waals surface area (Å²) in [5.41, 5.74) is 1.82. The number of primary amides is 1. The number of nitrogens with zero attached hydrogens (tertiary/aromatic N) is 2. The van der Waals surface area contributed by atoms with E-state index in [1.54, 1.807) is 18.2 Å². The molecule has 11 heteroatoms. The molecule has 4 rings (SSSR count). The van der Waals surface area contributed by atoms with Crippen molar-refractivity contribution in [1.82, 2.24) is 4.90 Å². The summed E-state index contributed by atoms with van der Waals surface area (Å²) in [6.07, 6.45) is -0.886. The van der Waals surface area contributed by atoms with Gasteiger partial charge in [-0.25, -0.2) is 8.42 Å². The van der Waals surface area contributed by atoms with Crippen molar-refractivity contribution in [2.75, 3.05) is 20.2 Å². The monoisotopic (exact) mass is 475 g/mol. The van der Waals surface area contributed by atoms with E-state index >= 15 is 0 Å². The number of ether oxygens (including phenoxy) is 1. The van der Waals surface area contributed by atoms with E-state index < -0.39 is 55.5 Å². The molecule has 0 aromatic heterocycles. The lowest BCUT2D eigenvalue weighted by molar-refractivity contribution is -0.165. The van der Waals surface area contributed by atoms with Crippen molar-refractivity contribution in [3.05, 3.63) is 30.3 Å². The maximum atomic E-state index is 13.4. The van der Waals surface area contributed by atoms with Crippen LogP contribution >= 0.6 is 0 Å². The number of amides is 2. The number of sulfone groups is 1. The zero-order chi connectivity index (χ0) is 24.2. The SMILES string of the molecule is COC1CN(C(=O)[C@@H]2C[C@@H](S(=O)(=O)c3ccccc3)C[C@@]2(C(=O)O)C2CC2(C#N)C(N)=O)C1. The van der Waals surface area contributed by atoms with Crippen molar-refractivity contribution in [3.8, 4) is 6.07 Å². The second-order valence-electron chi connectivity index (χ2n) is 9.12. The van der Waals surface area contributed by atoms with Crippen molar-refractivity contribution >= 4 is 27.6 Å². The fourth-order valence-electron chi connectivity index (χ4n) is 5.53. The number of likely N-dealkylation sites (tertiary alicyclic amines) is 1. The minimum absolute atomic E-state index is 0.0306. The predicted octanol–water partition coefficient (Wildman–Crippen LogP) is 0.182. The molecular formula is C22H25N3O7S. The summed E-state index contributed by atoms with van der Waals surface area (Å²) in [6.45, 7) is 0.531. The quantitative estimate of drug-likeness (QED) is 0.563. The third-order valence-corrected chi connectivity index (χ3v) is 9.77. The second-order valence-corrected chi connectivity index (χ2v) is 11.4. The van der Waals surface area contributed by atoms with E-state index in [1.165, 1.54) is 24.1 Å². The van der Waals surface area contributed by atoms with Gasteiger partial charge in [0.05, 0.1) is 33.7 Å². The number of carboxylic acids is 1. The van der Waals surface area contributed by atoms with Crippen LogP contribution in [0.5, 0.6) is 0 Å². The minimum Gasteiger partial charge on any atom is -0.481 e. The summed E-state index contributed by atoms with van der Waals surface area (Å²) in [5, 5.41) is 18.9. The number of carbonyl (C=O) groups excluding carboxylic acids is 2. The number of rotatable bonds is 7. The smallest absolute Gasteiger partial charge is 0.310 e. The average Bonchev–Trinajstić information content (AvgIpc) is 3.38. The summed E-state index contributed by atoms with van der Waals surface area (Å²) in [4.78, 5) is 39.7. The third kappa shape index (κ3) is 3.31. The number of aliphatic carboxylic acids is 1. The lowest BCUT2D eigenvalue weighted by Gasteiger charge is -2.42. The van der Waals surface area contributed by atoms with Crippen LogP contribution in [-0.2, 0) is 29.0 Å². The van der Waals surface area contributed by atoms with Crippen LogP contribution in [0.2, 0.25) is 0 Å². The summed E-state index contributed by atoms with van der Waals surface area (Å²) in [5.74, 6) is -5.11. The van der Waals surface area contributed by atoms with Crippen LogP contribution in [0, 0.1) is 34.0 Å². The van der Waals surface area contributed by atoms with Gasteiger partial charge in [0, 0.05) is 26.1 Å². The van der Waals surface area contributed by atoms with E-state index in [9.17, 15) is 33.2 Å². The first kappa shape index (κ1) is 23.2. The third-order valence-electron chi connectivity index (χ3n) is 7.61. The number of methoxy groups -OCH3 is 1. The fraction of sp³-hybridized carbons (Fsp3) is 0.545. The van der Waals surface area contributed by atoms with Gasteiger partial charge in [-0.05, 0) is 31.4 Å². The molecule has 0 bridgehead atoms. The van der Waals surface area contributed by atoms with Gasteiger partial charge in [0.25, 0.3) is 0 Å². The first-order valence-electron chi connectivity index (χ1n) is 10.6. The first-order valence-corrected chi connectivity index (χ1v) is 12.1. The van der Waals surface area contributed by atoms with E-state index in [-0.39, 0.29) is 43.4 Å². The van der Waals surface area contributed by atoms with E-state index in [0.717, 1.165) is 0 Å². The molecule has 3 N–H and O–H groups in total. The average molecular weight is 476 g/mol. The molecule has 1 saturated heterocycles. The molecule has 1 aromatic rings. The van der Waals surface area contributed by atoms with E-state index in [2.05, 4.69) is 0 Å². The Balaban J connectivity index is 1.76. The van der Waals surface area contributed by atoms with Crippen LogP contribution in [-0.4, -0.2) is 67.8 Å². The molecule has 2 unspecified atom stereocenters. The number of benzene rings is 1. The highest BCUT2D eigenvalue weighted by molar-refractivity contribution is 7.92. The van der Waals surface area contributed by atoms with Gasteiger partial charge < -0.3 is 20.5 Å². The Kier molecular flexibility index (Phi) is 5.49. The number of carboxylic acid groups (broad SMARTS) is 1. The lowest BCUT2D eigenvalue weighted by atomic mass is 9.70. The highest BCUT2D eigenvalue weighted by Gasteiger charge is 2.76. The molecule has 2 aliphatic carbocycles. The number of nitrogens with two attached hydrogens (primary N) is 1. The molecule has 2 saturated carbocycles. The summed E-state index contributed by atoms with van der Waals surface area (Å²) in [7, 11) is -2.46. The first-order chi connectivity index (χ1) is 15.5. The van der Waals surface area contributed by atoms with Crippen molar-refractivity contribution in [2.24, 2.45) is 28.4 Å². The van der Waals surface area contributed by atoms with Gasteiger partial charge in [0.2, 0.25) is 11.8 Å². The van der Waals surface area contributed by atoms with Gasteiger partial charge in [-0.3, -0.25) is 14.4 Å². The Hall–Kier alpha value is -2.97. The zero-order valence-electron chi connectivity index (χ0n) is 18.0. The van der Waals surface area contributed by atoms with Crippen molar-refractivity contribution in [3.63, 3.8) is 0 Å². The topological polar surface area (TPSA) is 168 Å². The maximum absolute atomic E-state index is 13.4. The van der Waals surface area contributed by atoms with Gasteiger partial charge in [-0.1, -0.05) is 18.2 Å². The molecule has 2 amide bonds. The van der Waals surface area contributed by atoms with Gasteiger partial charge in [0.15, 0.2) is 9.84 Å². The Morgan fingerprint density at radius 1 is 1.21 bits per heavy atom. The molecule has 1 aliphatic heterocycles. The highest BCUT2D eigenvalue weighted by Crippen LogP contribution is 2.68. The highest BCUT2D eigenvalue weighted by atomic mass is 32.2. The van der Waals surface area contributed by atoms with Crippen molar-refractivity contribution < 1.29 is 32.6 Å². The molecule has 10 nitrogen and oxygen atoms in total. The zero-order valence-corrected chi connectivity index (χ0v) is 18.8. The largest absolute Gasteiger partial charge is 0.481 e. The molecule has 0 spiro atoms. The Morgan fingerprint density at radius 2 is 1.85 bits per heavy atom. The van der Waals surface area contributed by atoms with Gasteiger partial charge in [-0.2, -0.15) is 5.26 Å². The molecule has 0 radical (unpaired) electrons. The summed E-state index contributed by atoms with van der Waals surface area (Å²) < 4.78 is 31.9. The lowest BCUT2D eigenvalue weighted by Crippen LogP contribution is -2.58. The number of carbonyl (C=O) groups is 3. The maximum Gasteiger partial charge on any atom is 0.310 e. The van der Waals surface area contributed by atoms with E-state index in [0.29, 0.717) is 0 Å². The Morgan fingerprint density at radius 3 is 2.33 bits per heavy atom. The Bertz CT molecular complexity index is 1140. The standard InChI is InChI=1S/C22H25N3O7S/c1-32-13-10-25(11-13)18(26)16-7-15(33(30,31)14-5-3-2-4-6-14)8-22(16,20(28)29)17-9-21(17,12-23)19(24)27/h2-6,13,15-17H,7-11H2,1H3,(H2,24,27)(H,28,29)/t15-,16+,17?,21?,22+/m1/s1. The molecule has 1 aromatic carbocycles. The number of hydrogen-bond donors (Lipinski definition) is 2. The van der Waals surface area contributed by atoms with Gasteiger partial charge in [-0.15, -0.1) is 0 Å². The molecule has 5 atom stereocenters. The van der Waals surface area contributed by atoms with E-state index in [4.69, 9.17) is 10.5 Å². The fourth-order valence-corrected chi connectivity index (χ4v) is 7.39. The number of nitriles is 1. The molecule has 176 valence electrons. The van der Waals surface area contributed by atoms with Crippen LogP contribution in [0.3, 0.4) is 0 Å². The van der Waals surface area contributed by atoms with Crippen LogP contribution in [0.1, 0.15) is 19.3 Å². The van der Waals surface area contributed by atoms with Gasteiger partial charge >= 0.3 is 5.97 Å². The molecule has 33 heavy (non-hydrogen) atoms. The van der Waals surface area contributed by atoms with Crippen LogP contribution in [0.4, 0.5) is 0 Å². The molecule has 3 aliphatic rings. The Labute approximate surface area is 191 Å². The molecule has 3 fully saturated rings. The molecule has 1 heterocycles. The predicted molar refractivity (Wildman–Crippen MR) is 113 cm³/mol. The number of hydrogen-bond acceptors (Lipinski definition) is 7. The minimum atomic E-state index is -3.97. The van der Waals surface area contributed by atoms with Crippen LogP contribution < -0.4 is 5.73 Å². The summed E-state index contributed by atoms with van der Waals surface area (Å²) in [6, 6.07) is 9.48. The van der Waals surface area contributed by atoms with Crippen molar-refractivity contribution in [1.29, 1.82) is 5.26 Å². The molecular weight excluding hydrogens is 450 g/mol. The summed E-state index contributed by atoms with van der Waals surface area (Å²) >= 11 is 0. The normalized spacial score (nSPS) is 33.7. The van der Waals surface area contributed by atoms with Crippen molar-refractivity contribution in [2.45, 2.75) is 35.5 Å².